The molecule has 1 aromatic heterocycles. The smallest absolute Gasteiger partial charge is 0.420 e. The summed E-state index contributed by atoms with van der Waals surface area (Å²) in [6.45, 7) is -0.275. The fraction of sp³-hybridized carbons (Fsp3) is 0.190. The quantitative estimate of drug-likeness (QED) is 0.365. The Morgan fingerprint density at radius 1 is 1.10 bits per heavy atom. The first kappa shape index (κ1) is 22.0. The van der Waals surface area contributed by atoms with Crippen molar-refractivity contribution in [3.63, 3.8) is 0 Å². The van der Waals surface area contributed by atoms with E-state index in [1.54, 1.807) is 24.3 Å². The minimum absolute atomic E-state index is 0.0195. The molecule has 0 unspecified atom stereocenters. The first-order chi connectivity index (χ1) is 14.6. The first-order valence-electron chi connectivity index (χ1n) is 9.15. The highest BCUT2D eigenvalue weighted by Crippen LogP contribution is 2.40. The Labute approximate surface area is 174 Å². The molecule has 0 aliphatic carbocycles. The molecule has 0 fully saturated rings. The highest BCUT2D eigenvalue weighted by molar-refractivity contribution is 5.98. The number of ketones is 1. The van der Waals surface area contributed by atoms with Crippen molar-refractivity contribution < 1.29 is 32.6 Å². The summed E-state index contributed by atoms with van der Waals surface area (Å²) >= 11 is 0. The van der Waals surface area contributed by atoms with Gasteiger partial charge in [0.05, 0.1) is 18.5 Å². The summed E-state index contributed by atoms with van der Waals surface area (Å²) in [5.41, 5.74) is 4.69. The van der Waals surface area contributed by atoms with Crippen LogP contribution < -0.4 is 15.8 Å². The molecule has 1 heterocycles. The summed E-state index contributed by atoms with van der Waals surface area (Å²) in [5, 5.41) is 11.8. The van der Waals surface area contributed by atoms with Gasteiger partial charge < -0.3 is 20.9 Å². The van der Waals surface area contributed by atoms with Gasteiger partial charge in [-0.2, -0.15) is 13.2 Å². The maximum Gasteiger partial charge on any atom is 0.420 e. The van der Waals surface area contributed by atoms with Crippen LogP contribution in [-0.2, 0) is 11.0 Å². The molecule has 2 aromatic carbocycles. The molecule has 0 saturated carbocycles. The minimum atomic E-state index is -4.78. The molecular formula is C21H18F3N3O4. The number of anilines is 1. The van der Waals surface area contributed by atoms with Gasteiger partial charge in [0.2, 0.25) is 0 Å². The number of rotatable bonds is 8. The second kappa shape index (κ2) is 9.00. The maximum atomic E-state index is 13.7. The number of carboxylic acids is 1. The molecule has 7 nitrogen and oxygen atoms in total. The highest BCUT2D eigenvalue weighted by atomic mass is 19.4. The van der Waals surface area contributed by atoms with Crippen LogP contribution in [0.4, 0.5) is 19.0 Å². The van der Waals surface area contributed by atoms with Crippen molar-refractivity contribution in [1.82, 2.24) is 10.3 Å². The number of hydrogen-bond acceptors (Lipinski definition) is 6. The van der Waals surface area contributed by atoms with Gasteiger partial charge in [-0.05, 0) is 36.4 Å². The number of carbonyl (C=O) groups excluding carboxylic acids is 1. The van der Waals surface area contributed by atoms with Crippen molar-refractivity contribution in [3.05, 3.63) is 59.7 Å². The largest absolute Gasteiger partial charge is 0.481 e. The Kier molecular flexibility index (Phi) is 6.40. The number of carboxylic acid groups (broad SMARTS) is 1. The van der Waals surface area contributed by atoms with Crippen LogP contribution in [0, 0.1) is 0 Å². The molecule has 0 saturated heterocycles. The molecule has 10 heteroatoms. The third-order valence-corrected chi connectivity index (χ3v) is 4.33. The zero-order chi connectivity index (χ0) is 22.6. The number of nitrogen functional groups attached to an aromatic ring is 1. The van der Waals surface area contributed by atoms with Crippen LogP contribution in [0.15, 0.2) is 48.5 Å². The average Bonchev–Trinajstić information content (AvgIpc) is 2.71. The van der Waals surface area contributed by atoms with Crippen LogP contribution in [-0.4, -0.2) is 34.9 Å². The number of pyridine rings is 1. The van der Waals surface area contributed by atoms with Gasteiger partial charge in [-0.15, -0.1) is 0 Å². The Balaban J connectivity index is 1.89. The minimum Gasteiger partial charge on any atom is -0.481 e. The zero-order valence-corrected chi connectivity index (χ0v) is 16.1. The summed E-state index contributed by atoms with van der Waals surface area (Å²) in [6, 6.07) is 11.1. The van der Waals surface area contributed by atoms with E-state index in [2.05, 4.69) is 10.3 Å². The Morgan fingerprint density at radius 2 is 1.87 bits per heavy atom. The SMILES string of the molecule is Nc1ccc2cccc(Oc3ccc(C(=O)CNCCC(=O)O)cc3C(F)(F)F)c2n1. The number of aliphatic carboxylic acids is 1. The topological polar surface area (TPSA) is 115 Å². The van der Waals surface area contributed by atoms with E-state index in [9.17, 15) is 22.8 Å². The van der Waals surface area contributed by atoms with Crippen LogP contribution in [0.5, 0.6) is 11.5 Å². The zero-order valence-electron chi connectivity index (χ0n) is 16.1. The predicted molar refractivity (Wildman–Crippen MR) is 107 cm³/mol. The van der Waals surface area contributed by atoms with Crippen molar-refractivity contribution in [2.75, 3.05) is 18.8 Å². The van der Waals surface area contributed by atoms with Gasteiger partial charge in [0.15, 0.2) is 11.5 Å². The molecule has 0 spiro atoms. The van der Waals surface area contributed by atoms with Crippen molar-refractivity contribution in [2.45, 2.75) is 12.6 Å². The second-order valence-corrected chi connectivity index (χ2v) is 6.62. The number of nitrogens with one attached hydrogen (secondary N) is 1. The molecule has 3 aromatic rings. The van der Waals surface area contributed by atoms with Crippen LogP contribution in [0.1, 0.15) is 22.3 Å². The number of aromatic nitrogens is 1. The number of benzene rings is 2. The lowest BCUT2D eigenvalue weighted by atomic mass is 10.1. The van der Waals surface area contributed by atoms with Crippen molar-refractivity contribution >= 4 is 28.5 Å². The number of nitrogens with zero attached hydrogens (tertiary/aromatic N) is 1. The normalized spacial score (nSPS) is 11.5. The monoisotopic (exact) mass is 433 g/mol. The van der Waals surface area contributed by atoms with E-state index in [4.69, 9.17) is 15.6 Å². The van der Waals surface area contributed by atoms with E-state index in [0.29, 0.717) is 17.0 Å². The van der Waals surface area contributed by atoms with Crippen LogP contribution in [0.3, 0.4) is 0 Å². The third-order valence-electron chi connectivity index (χ3n) is 4.33. The van der Waals surface area contributed by atoms with Gasteiger partial charge >= 0.3 is 12.1 Å². The second-order valence-electron chi connectivity index (χ2n) is 6.62. The number of fused-ring (bicyclic) bond motifs is 1. The summed E-state index contributed by atoms with van der Waals surface area (Å²) in [5.74, 6) is -1.87. The Morgan fingerprint density at radius 3 is 2.58 bits per heavy atom. The Hall–Kier alpha value is -3.66. The third kappa shape index (κ3) is 5.48. The molecule has 31 heavy (non-hydrogen) atoms. The van der Waals surface area contributed by atoms with Gasteiger partial charge in [0.1, 0.15) is 17.1 Å². The molecular weight excluding hydrogens is 415 g/mol. The number of alkyl halides is 3. The number of carbonyl (C=O) groups is 2. The lowest BCUT2D eigenvalue weighted by Gasteiger charge is -2.16. The summed E-state index contributed by atoms with van der Waals surface area (Å²) in [7, 11) is 0. The number of hydrogen-bond donors (Lipinski definition) is 3. The van der Waals surface area contributed by atoms with Gasteiger partial charge in [0, 0.05) is 17.5 Å². The van der Waals surface area contributed by atoms with Crippen molar-refractivity contribution in [3.8, 4) is 11.5 Å². The van der Waals surface area contributed by atoms with Crippen molar-refractivity contribution in [1.29, 1.82) is 0 Å². The molecule has 0 radical (unpaired) electrons. The summed E-state index contributed by atoms with van der Waals surface area (Å²) in [4.78, 5) is 26.8. The Bertz CT molecular complexity index is 1130. The predicted octanol–water partition coefficient (Wildman–Crippen LogP) is 3.88. The van der Waals surface area contributed by atoms with E-state index in [1.165, 1.54) is 12.1 Å². The van der Waals surface area contributed by atoms with Crippen LogP contribution in [0.2, 0.25) is 0 Å². The number of halogens is 3. The molecule has 0 aliphatic rings. The van der Waals surface area contributed by atoms with E-state index < -0.39 is 29.2 Å². The lowest BCUT2D eigenvalue weighted by Crippen LogP contribution is -2.25. The standard InChI is InChI=1S/C21H18F3N3O4/c22-21(23,24)14-10-13(15(28)11-26-9-8-19(29)30)4-6-16(14)31-17-3-1-2-12-5-7-18(25)27-20(12)17/h1-7,10,26H,8-9,11H2,(H2,25,27)(H,29,30). The molecule has 0 bridgehead atoms. The molecule has 4 N–H and O–H groups in total. The number of para-hydroxylation sites is 1. The maximum absolute atomic E-state index is 13.7. The summed E-state index contributed by atoms with van der Waals surface area (Å²) in [6.07, 6.45) is -4.99. The molecule has 3 rings (SSSR count). The lowest BCUT2D eigenvalue weighted by molar-refractivity contribution is -0.139. The number of ether oxygens (including phenoxy) is 1. The van der Waals surface area contributed by atoms with Gasteiger partial charge in [0.25, 0.3) is 0 Å². The molecule has 0 atom stereocenters. The highest BCUT2D eigenvalue weighted by Gasteiger charge is 2.35. The molecule has 162 valence electrons. The average molecular weight is 433 g/mol. The number of Topliss-reactive ketones (excluding diaryl/α,β-unsaturated/α-hetero) is 1. The molecule has 0 amide bonds. The van der Waals surface area contributed by atoms with Crippen LogP contribution in [0.25, 0.3) is 10.9 Å². The number of nitrogens with two attached hydrogens (primary N) is 1. The van der Waals surface area contributed by atoms with E-state index in [0.717, 1.165) is 6.07 Å². The first-order valence-corrected chi connectivity index (χ1v) is 9.15. The van der Waals surface area contributed by atoms with E-state index in [1.807, 2.05) is 0 Å². The van der Waals surface area contributed by atoms with Gasteiger partial charge in [-0.1, -0.05) is 12.1 Å². The van der Waals surface area contributed by atoms with Gasteiger partial charge in [-0.3, -0.25) is 9.59 Å². The molecule has 0 aliphatic heterocycles. The summed E-state index contributed by atoms with van der Waals surface area (Å²) < 4.78 is 46.5. The van der Waals surface area contributed by atoms with Crippen molar-refractivity contribution in [2.24, 2.45) is 0 Å². The van der Waals surface area contributed by atoms with E-state index >= 15 is 0 Å². The van der Waals surface area contributed by atoms with Gasteiger partial charge in [-0.25, -0.2) is 4.98 Å². The fourth-order valence-corrected chi connectivity index (χ4v) is 2.85. The fourth-order valence-electron chi connectivity index (χ4n) is 2.85. The van der Waals surface area contributed by atoms with E-state index in [-0.39, 0.29) is 36.6 Å². The van der Waals surface area contributed by atoms with Crippen LogP contribution >= 0.6 is 0 Å².